The number of aliphatic imine (C=N–C) groups is 1. The average molecular weight is 500 g/mol. The van der Waals surface area contributed by atoms with Gasteiger partial charge in [-0.1, -0.05) is 12.1 Å². The molecule has 1 aromatic carbocycles. The molecule has 2 aromatic rings. The van der Waals surface area contributed by atoms with Crippen LogP contribution in [0.3, 0.4) is 0 Å². The van der Waals surface area contributed by atoms with Crippen LogP contribution in [0.4, 0.5) is 0 Å². The predicted octanol–water partition coefficient (Wildman–Crippen LogP) is 2.26. The number of hydrogen-bond donors (Lipinski definition) is 2. The van der Waals surface area contributed by atoms with Crippen LogP contribution in [-0.2, 0) is 24.4 Å². The summed E-state index contributed by atoms with van der Waals surface area (Å²) in [4.78, 5) is 4.28. The zero-order valence-corrected chi connectivity index (χ0v) is 19.0. The molecule has 154 valence electrons. The number of guanidine groups is 1. The van der Waals surface area contributed by atoms with E-state index in [4.69, 9.17) is 9.47 Å². The van der Waals surface area contributed by atoms with Crippen molar-refractivity contribution < 1.29 is 9.47 Å². The Morgan fingerprint density at radius 2 is 2.18 bits per heavy atom. The first-order chi connectivity index (χ1) is 13.2. The third-order valence-electron chi connectivity index (χ3n) is 4.52. The zero-order chi connectivity index (χ0) is 19.1. The van der Waals surface area contributed by atoms with E-state index in [9.17, 15) is 0 Å². The number of nitrogens with one attached hydrogen (secondary N) is 2. The lowest BCUT2D eigenvalue weighted by Crippen LogP contribution is -2.37. The molecule has 1 fully saturated rings. The van der Waals surface area contributed by atoms with Crippen molar-refractivity contribution in [1.29, 1.82) is 0 Å². The van der Waals surface area contributed by atoms with Crippen LogP contribution < -0.4 is 15.4 Å². The van der Waals surface area contributed by atoms with E-state index in [1.165, 1.54) is 5.56 Å². The molecule has 1 aliphatic rings. The smallest absolute Gasteiger partial charge is 0.191 e. The van der Waals surface area contributed by atoms with Gasteiger partial charge in [-0.2, -0.15) is 0 Å². The summed E-state index contributed by atoms with van der Waals surface area (Å²) in [5.41, 5.74) is 2.27. The Labute approximate surface area is 183 Å². The molecule has 0 bridgehead atoms. The molecule has 0 aliphatic carbocycles. The van der Waals surface area contributed by atoms with Gasteiger partial charge >= 0.3 is 0 Å². The lowest BCUT2D eigenvalue weighted by molar-refractivity contribution is 0.140. The van der Waals surface area contributed by atoms with Crippen LogP contribution in [-0.4, -0.2) is 47.1 Å². The SMILES string of the molecule is CCn1cnnc1CNC(=NC)NCc1ccc(C)cc1OC1CCOC1.I. The predicted molar refractivity (Wildman–Crippen MR) is 119 cm³/mol. The van der Waals surface area contributed by atoms with Gasteiger partial charge in [0.25, 0.3) is 0 Å². The Kier molecular flexibility index (Phi) is 8.97. The van der Waals surface area contributed by atoms with Crippen LogP contribution in [0, 0.1) is 6.92 Å². The highest BCUT2D eigenvalue weighted by molar-refractivity contribution is 14.0. The number of aromatic nitrogens is 3. The second-order valence-electron chi connectivity index (χ2n) is 6.53. The quantitative estimate of drug-likeness (QED) is 0.345. The van der Waals surface area contributed by atoms with Crippen LogP contribution in [0.25, 0.3) is 0 Å². The lowest BCUT2D eigenvalue weighted by atomic mass is 10.1. The standard InChI is InChI=1S/C19H28N6O2.HI/c1-4-25-13-23-24-18(25)11-22-19(20-3)21-10-15-6-5-14(2)9-17(15)27-16-7-8-26-12-16;/h5-6,9,13,16H,4,7-8,10-12H2,1-3H3,(H2,20,21,22);1H. The molecule has 8 nitrogen and oxygen atoms in total. The minimum absolute atomic E-state index is 0. The highest BCUT2D eigenvalue weighted by Crippen LogP contribution is 2.23. The topological polar surface area (TPSA) is 85.6 Å². The van der Waals surface area contributed by atoms with Gasteiger partial charge in [0, 0.05) is 32.1 Å². The summed E-state index contributed by atoms with van der Waals surface area (Å²) in [6.45, 7) is 7.57. The largest absolute Gasteiger partial charge is 0.488 e. The fourth-order valence-electron chi connectivity index (χ4n) is 2.95. The molecule has 2 heterocycles. The second kappa shape index (κ2) is 11.2. The minimum Gasteiger partial charge on any atom is -0.488 e. The van der Waals surface area contributed by atoms with E-state index >= 15 is 0 Å². The van der Waals surface area contributed by atoms with Crippen LogP contribution in [0.15, 0.2) is 29.5 Å². The van der Waals surface area contributed by atoms with Crippen LogP contribution in [0.2, 0.25) is 0 Å². The second-order valence-corrected chi connectivity index (χ2v) is 6.53. The summed E-state index contributed by atoms with van der Waals surface area (Å²) in [7, 11) is 1.75. The highest BCUT2D eigenvalue weighted by atomic mass is 127. The van der Waals surface area contributed by atoms with E-state index in [0.29, 0.717) is 25.7 Å². The lowest BCUT2D eigenvalue weighted by Gasteiger charge is -2.18. The molecular formula is C19H29IN6O2. The maximum atomic E-state index is 6.16. The fraction of sp³-hybridized carbons (Fsp3) is 0.526. The van der Waals surface area contributed by atoms with Crippen molar-refractivity contribution in [3.8, 4) is 5.75 Å². The first-order valence-corrected chi connectivity index (χ1v) is 9.34. The summed E-state index contributed by atoms with van der Waals surface area (Å²) in [5.74, 6) is 2.48. The van der Waals surface area contributed by atoms with Gasteiger partial charge in [-0.3, -0.25) is 4.99 Å². The van der Waals surface area contributed by atoms with E-state index in [1.54, 1.807) is 13.4 Å². The monoisotopic (exact) mass is 500 g/mol. The number of halogens is 1. The number of nitrogens with zero attached hydrogens (tertiary/aromatic N) is 4. The molecule has 0 spiro atoms. The Morgan fingerprint density at radius 1 is 1.36 bits per heavy atom. The Balaban J connectivity index is 0.00000280. The molecule has 3 rings (SSSR count). The molecule has 0 saturated carbocycles. The van der Waals surface area contributed by atoms with Gasteiger partial charge in [0.1, 0.15) is 18.2 Å². The van der Waals surface area contributed by atoms with Crippen molar-refractivity contribution in [3.05, 3.63) is 41.5 Å². The molecule has 1 saturated heterocycles. The highest BCUT2D eigenvalue weighted by Gasteiger charge is 2.18. The number of benzene rings is 1. The van der Waals surface area contributed by atoms with Crippen LogP contribution in [0.5, 0.6) is 5.75 Å². The summed E-state index contributed by atoms with van der Waals surface area (Å²) < 4.78 is 13.6. The van der Waals surface area contributed by atoms with Crippen molar-refractivity contribution in [1.82, 2.24) is 25.4 Å². The molecule has 2 N–H and O–H groups in total. The summed E-state index contributed by atoms with van der Waals surface area (Å²) in [6.07, 6.45) is 2.79. The number of ether oxygens (including phenoxy) is 2. The molecule has 0 radical (unpaired) electrons. The Hall–Kier alpha value is -1.88. The van der Waals surface area contributed by atoms with Gasteiger partial charge in [0.15, 0.2) is 11.8 Å². The summed E-state index contributed by atoms with van der Waals surface area (Å²) in [6, 6.07) is 6.26. The average Bonchev–Trinajstić information content (AvgIpc) is 3.34. The van der Waals surface area contributed by atoms with Gasteiger partial charge in [-0.05, 0) is 25.5 Å². The zero-order valence-electron chi connectivity index (χ0n) is 16.6. The molecule has 28 heavy (non-hydrogen) atoms. The van der Waals surface area contributed by atoms with E-state index in [0.717, 1.165) is 36.7 Å². The van der Waals surface area contributed by atoms with E-state index in [1.807, 2.05) is 4.57 Å². The Bertz CT molecular complexity index is 774. The number of rotatable bonds is 7. The van der Waals surface area contributed by atoms with Gasteiger partial charge < -0.3 is 24.7 Å². The third-order valence-corrected chi connectivity index (χ3v) is 4.52. The molecule has 1 atom stereocenters. The number of hydrogen-bond acceptors (Lipinski definition) is 5. The van der Waals surface area contributed by atoms with Gasteiger partial charge in [-0.25, -0.2) is 0 Å². The van der Waals surface area contributed by atoms with E-state index < -0.39 is 0 Å². The molecular weight excluding hydrogens is 471 g/mol. The minimum atomic E-state index is 0. The maximum Gasteiger partial charge on any atom is 0.191 e. The van der Waals surface area contributed by atoms with Crippen molar-refractivity contribution in [3.63, 3.8) is 0 Å². The van der Waals surface area contributed by atoms with Crippen molar-refractivity contribution in [2.75, 3.05) is 20.3 Å². The van der Waals surface area contributed by atoms with Gasteiger partial charge in [0.05, 0.1) is 19.8 Å². The first kappa shape index (κ1) is 22.4. The van der Waals surface area contributed by atoms with Crippen LogP contribution in [0.1, 0.15) is 30.3 Å². The molecule has 1 unspecified atom stereocenters. The van der Waals surface area contributed by atoms with E-state index in [2.05, 4.69) is 57.9 Å². The van der Waals surface area contributed by atoms with E-state index in [-0.39, 0.29) is 30.1 Å². The molecule has 1 aliphatic heterocycles. The van der Waals surface area contributed by atoms with Crippen LogP contribution >= 0.6 is 24.0 Å². The Morgan fingerprint density at radius 3 is 2.89 bits per heavy atom. The molecule has 9 heteroatoms. The number of aryl methyl sites for hydroxylation is 2. The molecule has 0 amide bonds. The van der Waals surface area contributed by atoms with Crippen molar-refractivity contribution in [2.45, 2.75) is 46.0 Å². The summed E-state index contributed by atoms with van der Waals surface area (Å²) in [5, 5.41) is 14.7. The maximum absolute atomic E-state index is 6.16. The summed E-state index contributed by atoms with van der Waals surface area (Å²) >= 11 is 0. The third kappa shape index (κ3) is 6.06. The molecule has 1 aromatic heterocycles. The van der Waals surface area contributed by atoms with Crippen molar-refractivity contribution in [2.24, 2.45) is 4.99 Å². The van der Waals surface area contributed by atoms with Gasteiger partial charge in [-0.15, -0.1) is 34.2 Å². The van der Waals surface area contributed by atoms with Gasteiger partial charge in [0.2, 0.25) is 0 Å². The fourth-order valence-corrected chi connectivity index (χ4v) is 2.95. The normalized spacial score (nSPS) is 16.5. The van der Waals surface area contributed by atoms with Crippen molar-refractivity contribution >= 4 is 29.9 Å². The first-order valence-electron chi connectivity index (χ1n) is 9.34.